The summed E-state index contributed by atoms with van der Waals surface area (Å²) < 4.78 is 10.4. The van der Waals surface area contributed by atoms with Crippen LogP contribution in [0.15, 0.2) is 4.52 Å². The normalized spacial score (nSPS) is 12.9. The zero-order chi connectivity index (χ0) is 16.7. The maximum absolute atomic E-state index is 12.7. The Balaban J connectivity index is 2.90. The van der Waals surface area contributed by atoms with Crippen molar-refractivity contribution in [3.05, 3.63) is 11.3 Å². The molecule has 6 heteroatoms. The lowest BCUT2D eigenvalue weighted by molar-refractivity contribution is -0.122. The van der Waals surface area contributed by atoms with Crippen molar-refractivity contribution in [1.82, 2.24) is 10.1 Å². The van der Waals surface area contributed by atoms with Crippen molar-refractivity contribution in [3.63, 3.8) is 0 Å². The van der Waals surface area contributed by atoms with Crippen molar-refractivity contribution in [2.45, 2.75) is 47.1 Å². The van der Waals surface area contributed by atoms with Gasteiger partial charge in [-0.15, -0.1) is 0 Å². The molecule has 1 heterocycles. The number of hydrogen-bond donors (Lipinski definition) is 1. The molecule has 0 saturated heterocycles. The number of aromatic nitrogens is 1. The summed E-state index contributed by atoms with van der Waals surface area (Å²) in [5.41, 5.74) is 1.69. The maximum Gasteiger partial charge on any atom is 0.244 e. The molecule has 0 spiro atoms. The van der Waals surface area contributed by atoms with Gasteiger partial charge < -0.3 is 9.26 Å². The van der Waals surface area contributed by atoms with Crippen LogP contribution in [0, 0.1) is 12.8 Å². The van der Waals surface area contributed by atoms with E-state index in [1.165, 1.54) is 0 Å². The van der Waals surface area contributed by atoms with E-state index in [2.05, 4.69) is 43.1 Å². The molecule has 1 N–H and O–H groups in total. The Bertz CT molecular complexity index is 467. The van der Waals surface area contributed by atoms with Gasteiger partial charge in [-0.25, -0.2) is 0 Å². The van der Waals surface area contributed by atoms with E-state index >= 15 is 0 Å². The molecule has 0 aliphatic rings. The van der Waals surface area contributed by atoms with Crippen molar-refractivity contribution < 1.29 is 14.1 Å². The monoisotopic (exact) mass is 311 g/mol. The minimum atomic E-state index is -0.185. The van der Waals surface area contributed by atoms with Gasteiger partial charge in [-0.3, -0.25) is 15.0 Å². The van der Waals surface area contributed by atoms with E-state index in [4.69, 9.17) is 9.26 Å². The topological polar surface area (TPSA) is 67.6 Å². The zero-order valence-electron chi connectivity index (χ0n) is 14.6. The second-order valence-corrected chi connectivity index (χ2v) is 5.72. The van der Waals surface area contributed by atoms with Crippen molar-refractivity contribution in [2.24, 2.45) is 5.92 Å². The van der Waals surface area contributed by atoms with E-state index in [1.54, 1.807) is 7.11 Å². The molecular formula is C16H29N3O3. The van der Waals surface area contributed by atoms with Gasteiger partial charge in [-0.2, -0.15) is 0 Å². The smallest absolute Gasteiger partial charge is 0.244 e. The fourth-order valence-corrected chi connectivity index (χ4v) is 2.68. The summed E-state index contributed by atoms with van der Waals surface area (Å²) in [6.07, 6.45) is 0.666. The van der Waals surface area contributed by atoms with Crippen LogP contribution in [0.1, 0.15) is 39.0 Å². The van der Waals surface area contributed by atoms with E-state index in [-0.39, 0.29) is 17.9 Å². The highest BCUT2D eigenvalue weighted by molar-refractivity contribution is 5.94. The van der Waals surface area contributed by atoms with Crippen LogP contribution in [-0.4, -0.2) is 48.8 Å². The number of hydrogen-bond acceptors (Lipinski definition) is 5. The molecule has 1 rings (SSSR count). The number of amides is 1. The first-order valence-electron chi connectivity index (χ1n) is 7.95. The first-order valence-corrected chi connectivity index (χ1v) is 7.95. The lowest BCUT2D eigenvalue weighted by Gasteiger charge is -2.31. The molecule has 1 unspecified atom stereocenters. The summed E-state index contributed by atoms with van der Waals surface area (Å²) in [5.74, 6) is 0.609. The predicted octanol–water partition coefficient (Wildman–Crippen LogP) is 2.48. The van der Waals surface area contributed by atoms with Crippen LogP contribution in [0.2, 0.25) is 0 Å². The quantitative estimate of drug-likeness (QED) is 0.759. The maximum atomic E-state index is 12.7. The molecule has 1 atom stereocenters. The van der Waals surface area contributed by atoms with Gasteiger partial charge in [-0.05, 0) is 25.9 Å². The van der Waals surface area contributed by atoms with Crippen LogP contribution >= 0.6 is 0 Å². The predicted molar refractivity (Wildman–Crippen MR) is 87.0 cm³/mol. The van der Waals surface area contributed by atoms with Crippen LogP contribution in [0.4, 0.5) is 5.88 Å². The number of anilines is 1. The number of nitrogens with one attached hydrogen (secondary N) is 1. The Morgan fingerprint density at radius 3 is 2.50 bits per heavy atom. The number of methoxy groups -OCH3 is 1. The summed E-state index contributed by atoms with van der Waals surface area (Å²) in [6, 6.07) is -0.185. The molecule has 0 bridgehead atoms. The SMILES string of the molecule is CCN(CC)C(C(=O)Nc1onc(C)c1CCOC)C(C)C. The average molecular weight is 311 g/mol. The Hall–Kier alpha value is -1.40. The molecule has 22 heavy (non-hydrogen) atoms. The molecule has 0 radical (unpaired) electrons. The van der Waals surface area contributed by atoms with Gasteiger partial charge >= 0.3 is 0 Å². The lowest BCUT2D eigenvalue weighted by Crippen LogP contribution is -2.47. The molecule has 0 aliphatic carbocycles. The van der Waals surface area contributed by atoms with Crippen molar-refractivity contribution in [1.29, 1.82) is 0 Å². The Kier molecular flexibility index (Phi) is 7.55. The molecule has 0 aliphatic heterocycles. The molecule has 126 valence electrons. The lowest BCUT2D eigenvalue weighted by atomic mass is 10.0. The summed E-state index contributed by atoms with van der Waals surface area (Å²) >= 11 is 0. The minimum absolute atomic E-state index is 0.0477. The summed E-state index contributed by atoms with van der Waals surface area (Å²) in [6.45, 7) is 12.3. The molecule has 0 saturated carbocycles. The second-order valence-electron chi connectivity index (χ2n) is 5.72. The highest BCUT2D eigenvalue weighted by Crippen LogP contribution is 2.21. The number of likely N-dealkylation sites (N-methyl/N-ethyl adjacent to an activating group) is 1. The summed E-state index contributed by atoms with van der Waals surface area (Å²) in [4.78, 5) is 14.8. The molecule has 1 aromatic rings. The van der Waals surface area contributed by atoms with Gasteiger partial charge in [0.1, 0.15) is 0 Å². The van der Waals surface area contributed by atoms with Crippen LogP contribution < -0.4 is 5.32 Å². The van der Waals surface area contributed by atoms with Crippen LogP contribution in [0.5, 0.6) is 0 Å². The van der Waals surface area contributed by atoms with E-state index in [1.807, 2.05) is 6.92 Å². The van der Waals surface area contributed by atoms with Gasteiger partial charge in [-0.1, -0.05) is 32.9 Å². The number of nitrogens with zero attached hydrogens (tertiary/aromatic N) is 2. The van der Waals surface area contributed by atoms with Gasteiger partial charge in [0.25, 0.3) is 0 Å². The Morgan fingerprint density at radius 2 is 2.00 bits per heavy atom. The van der Waals surface area contributed by atoms with E-state index in [0.29, 0.717) is 18.9 Å². The van der Waals surface area contributed by atoms with E-state index in [0.717, 1.165) is 24.3 Å². The number of carbonyl (C=O) groups excluding carboxylic acids is 1. The highest BCUT2D eigenvalue weighted by atomic mass is 16.5. The van der Waals surface area contributed by atoms with Gasteiger partial charge in [0.15, 0.2) is 0 Å². The molecular weight excluding hydrogens is 282 g/mol. The van der Waals surface area contributed by atoms with Crippen molar-refractivity contribution in [2.75, 3.05) is 32.1 Å². The number of carbonyl (C=O) groups is 1. The zero-order valence-corrected chi connectivity index (χ0v) is 14.6. The van der Waals surface area contributed by atoms with Gasteiger partial charge in [0.05, 0.1) is 18.3 Å². The minimum Gasteiger partial charge on any atom is -0.384 e. The fourth-order valence-electron chi connectivity index (χ4n) is 2.68. The third-order valence-electron chi connectivity index (χ3n) is 3.88. The fraction of sp³-hybridized carbons (Fsp3) is 0.750. The van der Waals surface area contributed by atoms with Gasteiger partial charge in [0.2, 0.25) is 11.8 Å². The first kappa shape index (κ1) is 18.6. The third-order valence-corrected chi connectivity index (χ3v) is 3.88. The second kappa shape index (κ2) is 8.90. The van der Waals surface area contributed by atoms with Crippen molar-refractivity contribution in [3.8, 4) is 0 Å². The van der Waals surface area contributed by atoms with Gasteiger partial charge in [0, 0.05) is 19.1 Å². The molecule has 1 aromatic heterocycles. The molecule has 6 nitrogen and oxygen atoms in total. The van der Waals surface area contributed by atoms with E-state index in [9.17, 15) is 4.79 Å². The highest BCUT2D eigenvalue weighted by Gasteiger charge is 2.28. The number of aryl methyl sites for hydroxylation is 1. The Morgan fingerprint density at radius 1 is 1.36 bits per heavy atom. The molecule has 1 amide bonds. The molecule has 0 aromatic carbocycles. The number of ether oxygens (including phenoxy) is 1. The average Bonchev–Trinajstić information content (AvgIpc) is 2.82. The van der Waals surface area contributed by atoms with Crippen molar-refractivity contribution >= 4 is 11.8 Å². The third kappa shape index (κ3) is 4.55. The summed E-state index contributed by atoms with van der Waals surface area (Å²) in [5, 5.41) is 6.86. The van der Waals surface area contributed by atoms with Crippen LogP contribution in [-0.2, 0) is 16.0 Å². The van der Waals surface area contributed by atoms with Crippen LogP contribution in [0.25, 0.3) is 0 Å². The van der Waals surface area contributed by atoms with E-state index < -0.39 is 0 Å². The standard InChI is InChI=1S/C16H29N3O3/c1-7-19(8-2)14(11(3)4)15(20)17-16-13(9-10-21-6)12(5)18-22-16/h11,14H,7-10H2,1-6H3,(H,17,20). The Labute approximate surface area is 133 Å². The largest absolute Gasteiger partial charge is 0.384 e. The molecule has 0 fully saturated rings. The summed E-state index contributed by atoms with van der Waals surface area (Å²) in [7, 11) is 1.65. The number of rotatable bonds is 9. The van der Waals surface area contributed by atoms with Crippen LogP contribution in [0.3, 0.4) is 0 Å². The first-order chi connectivity index (χ1) is 10.5.